The Morgan fingerprint density at radius 3 is 2.78 bits per heavy atom. The van der Waals surface area contributed by atoms with Crippen molar-refractivity contribution in [3.63, 3.8) is 0 Å². The number of esters is 1. The number of hydrogen-bond acceptors (Lipinski definition) is 6. The van der Waals surface area contributed by atoms with E-state index in [2.05, 4.69) is 15.0 Å². The van der Waals surface area contributed by atoms with E-state index in [1.54, 1.807) is 20.1 Å². The highest BCUT2D eigenvalue weighted by atomic mass is 32.1. The lowest BCUT2D eigenvalue weighted by atomic mass is 10.2. The summed E-state index contributed by atoms with van der Waals surface area (Å²) in [5, 5.41) is 2.97. The number of methoxy groups -OCH3 is 2. The van der Waals surface area contributed by atoms with Crippen molar-refractivity contribution < 1.29 is 19.1 Å². The predicted molar refractivity (Wildman–Crippen MR) is 88.8 cm³/mol. The number of ether oxygens (including phenoxy) is 2. The van der Waals surface area contributed by atoms with E-state index in [-0.39, 0.29) is 5.91 Å². The van der Waals surface area contributed by atoms with Crippen LogP contribution in [0.1, 0.15) is 20.9 Å². The number of benzene rings is 1. The van der Waals surface area contributed by atoms with Gasteiger partial charge in [-0.25, -0.2) is 9.78 Å². The highest BCUT2D eigenvalue weighted by Gasteiger charge is 2.16. The third-order valence-corrected chi connectivity index (χ3v) is 3.97. The molecule has 0 aliphatic rings. The molecular formula is C16H16N2O4S. The van der Waals surface area contributed by atoms with Crippen molar-refractivity contribution in [2.24, 2.45) is 0 Å². The van der Waals surface area contributed by atoms with Gasteiger partial charge in [-0.05, 0) is 30.7 Å². The maximum atomic E-state index is 11.9. The van der Waals surface area contributed by atoms with Crippen molar-refractivity contribution in [3.8, 4) is 5.75 Å². The summed E-state index contributed by atoms with van der Waals surface area (Å²) in [6.07, 6.45) is 3.06. The third-order valence-electron chi connectivity index (χ3n) is 2.92. The Bertz CT molecular complexity index is 752. The summed E-state index contributed by atoms with van der Waals surface area (Å²) in [5.74, 6) is -0.0868. The van der Waals surface area contributed by atoms with E-state index in [1.165, 1.54) is 13.2 Å². The molecule has 0 saturated heterocycles. The molecule has 0 bridgehead atoms. The monoisotopic (exact) mass is 332 g/mol. The number of carbonyl (C=O) groups excluding carboxylic acids is 2. The van der Waals surface area contributed by atoms with Crippen LogP contribution in [0.2, 0.25) is 0 Å². The first-order chi connectivity index (χ1) is 11.0. The topological polar surface area (TPSA) is 77.5 Å². The summed E-state index contributed by atoms with van der Waals surface area (Å²) in [6.45, 7) is 1.69. The van der Waals surface area contributed by atoms with Gasteiger partial charge in [0, 0.05) is 6.08 Å². The number of aryl methyl sites for hydroxylation is 1. The molecule has 0 spiro atoms. The number of rotatable bonds is 5. The molecule has 1 heterocycles. The molecular weight excluding hydrogens is 316 g/mol. The van der Waals surface area contributed by atoms with Gasteiger partial charge >= 0.3 is 5.97 Å². The van der Waals surface area contributed by atoms with Gasteiger partial charge < -0.3 is 9.47 Å². The van der Waals surface area contributed by atoms with Gasteiger partial charge in [0.05, 0.1) is 19.9 Å². The van der Waals surface area contributed by atoms with Crippen molar-refractivity contribution in [3.05, 3.63) is 46.5 Å². The van der Waals surface area contributed by atoms with E-state index in [0.29, 0.717) is 21.5 Å². The smallest absolute Gasteiger partial charge is 0.350 e. The van der Waals surface area contributed by atoms with Crippen molar-refractivity contribution in [2.75, 3.05) is 19.5 Å². The lowest BCUT2D eigenvalue weighted by Gasteiger charge is -2.00. The fourth-order valence-electron chi connectivity index (χ4n) is 1.80. The Labute approximate surface area is 137 Å². The van der Waals surface area contributed by atoms with E-state index < -0.39 is 5.97 Å². The zero-order valence-electron chi connectivity index (χ0n) is 13.0. The fourth-order valence-corrected chi connectivity index (χ4v) is 2.68. The molecule has 1 amide bonds. The van der Waals surface area contributed by atoms with Gasteiger partial charge in [-0.3, -0.25) is 10.1 Å². The van der Waals surface area contributed by atoms with Gasteiger partial charge in [-0.2, -0.15) is 0 Å². The molecule has 6 nitrogen and oxygen atoms in total. The van der Waals surface area contributed by atoms with Gasteiger partial charge in [-0.1, -0.05) is 23.5 Å². The van der Waals surface area contributed by atoms with Gasteiger partial charge in [-0.15, -0.1) is 0 Å². The summed E-state index contributed by atoms with van der Waals surface area (Å²) < 4.78 is 9.78. The van der Waals surface area contributed by atoms with Crippen molar-refractivity contribution >= 4 is 34.4 Å². The third kappa shape index (κ3) is 4.40. The molecule has 0 aliphatic carbocycles. The second kappa shape index (κ2) is 7.55. The molecule has 0 fully saturated rings. The number of carbonyl (C=O) groups is 2. The van der Waals surface area contributed by atoms with E-state index in [9.17, 15) is 9.59 Å². The molecule has 2 aromatic rings. The Morgan fingerprint density at radius 1 is 1.30 bits per heavy atom. The Kier molecular flexibility index (Phi) is 5.48. The van der Waals surface area contributed by atoms with Crippen molar-refractivity contribution in [2.45, 2.75) is 6.92 Å². The number of hydrogen-bond donors (Lipinski definition) is 1. The average Bonchev–Trinajstić information content (AvgIpc) is 2.92. The van der Waals surface area contributed by atoms with Crippen LogP contribution in [-0.4, -0.2) is 31.1 Å². The molecule has 1 aromatic heterocycles. The second-order valence-electron chi connectivity index (χ2n) is 4.52. The van der Waals surface area contributed by atoms with Crippen LogP contribution in [0.3, 0.4) is 0 Å². The van der Waals surface area contributed by atoms with Crippen LogP contribution in [0.15, 0.2) is 30.3 Å². The van der Waals surface area contributed by atoms with Crippen molar-refractivity contribution in [1.29, 1.82) is 0 Å². The minimum atomic E-state index is -0.465. The summed E-state index contributed by atoms with van der Waals surface area (Å²) >= 11 is 1.08. The van der Waals surface area contributed by atoms with Crippen LogP contribution < -0.4 is 10.1 Å². The summed E-state index contributed by atoms with van der Waals surface area (Å²) in [6, 6.07) is 7.33. The Hall–Kier alpha value is -2.67. The number of aromatic nitrogens is 1. The highest BCUT2D eigenvalue weighted by Crippen LogP contribution is 2.23. The van der Waals surface area contributed by atoms with Crippen LogP contribution >= 0.6 is 11.3 Å². The Morgan fingerprint density at radius 2 is 2.09 bits per heavy atom. The van der Waals surface area contributed by atoms with E-state index in [1.807, 2.05) is 24.3 Å². The SMILES string of the molecule is COC(=O)c1sc(NC(=O)C=Cc2cccc(OC)c2)nc1C. The minimum absolute atomic E-state index is 0.335. The highest BCUT2D eigenvalue weighted by molar-refractivity contribution is 7.17. The van der Waals surface area contributed by atoms with E-state index in [4.69, 9.17) is 4.74 Å². The first kappa shape index (κ1) is 16.7. The molecule has 0 unspecified atom stereocenters. The zero-order valence-corrected chi connectivity index (χ0v) is 13.8. The molecule has 1 aromatic carbocycles. The molecule has 23 heavy (non-hydrogen) atoms. The normalized spacial score (nSPS) is 10.6. The minimum Gasteiger partial charge on any atom is -0.497 e. The molecule has 0 aliphatic heterocycles. The quantitative estimate of drug-likeness (QED) is 0.673. The molecule has 2 rings (SSSR count). The molecule has 120 valence electrons. The van der Waals surface area contributed by atoms with Crippen LogP contribution in [0, 0.1) is 6.92 Å². The Balaban J connectivity index is 2.04. The van der Waals surface area contributed by atoms with Crippen LogP contribution in [0.5, 0.6) is 5.75 Å². The fraction of sp³-hybridized carbons (Fsp3) is 0.188. The van der Waals surface area contributed by atoms with Crippen LogP contribution in [0.4, 0.5) is 5.13 Å². The maximum absolute atomic E-state index is 11.9. The van der Waals surface area contributed by atoms with Gasteiger partial charge in [0.25, 0.3) is 0 Å². The maximum Gasteiger partial charge on any atom is 0.350 e. The summed E-state index contributed by atoms with van der Waals surface area (Å²) in [5.41, 5.74) is 1.36. The number of thiazole rings is 1. The molecule has 0 radical (unpaired) electrons. The van der Waals surface area contributed by atoms with Gasteiger partial charge in [0.2, 0.25) is 5.91 Å². The van der Waals surface area contributed by atoms with Gasteiger partial charge in [0.1, 0.15) is 10.6 Å². The largest absolute Gasteiger partial charge is 0.497 e. The molecule has 0 saturated carbocycles. The molecule has 7 heteroatoms. The lowest BCUT2D eigenvalue weighted by molar-refractivity contribution is -0.111. The number of nitrogens with zero attached hydrogens (tertiary/aromatic N) is 1. The first-order valence-corrected chi connectivity index (χ1v) is 7.54. The number of anilines is 1. The number of amides is 1. The molecule has 0 atom stereocenters. The van der Waals surface area contributed by atoms with Crippen LogP contribution in [-0.2, 0) is 9.53 Å². The average molecular weight is 332 g/mol. The summed E-state index contributed by atoms with van der Waals surface area (Å²) in [7, 11) is 2.88. The first-order valence-electron chi connectivity index (χ1n) is 6.72. The van der Waals surface area contributed by atoms with E-state index >= 15 is 0 Å². The zero-order chi connectivity index (χ0) is 16.8. The second-order valence-corrected chi connectivity index (χ2v) is 5.52. The van der Waals surface area contributed by atoms with E-state index in [0.717, 1.165) is 16.9 Å². The number of nitrogens with one attached hydrogen (secondary N) is 1. The standard InChI is InChI=1S/C16H16N2O4S/c1-10-14(15(20)22-3)23-16(17-10)18-13(19)8-7-11-5-4-6-12(9-11)21-2/h4-9H,1-3H3,(H,17,18,19). The molecule has 1 N–H and O–H groups in total. The summed E-state index contributed by atoms with van der Waals surface area (Å²) in [4.78, 5) is 27.9. The van der Waals surface area contributed by atoms with Crippen LogP contribution in [0.25, 0.3) is 6.08 Å². The predicted octanol–water partition coefficient (Wildman–Crippen LogP) is 2.90. The lowest BCUT2D eigenvalue weighted by Crippen LogP contribution is -2.07. The van der Waals surface area contributed by atoms with Crippen molar-refractivity contribution in [1.82, 2.24) is 4.98 Å². The van der Waals surface area contributed by atoms with Gasteiger partial charge in [0.15, 0.2) is 5.13 Å².